The number of nitrogens with one attached hydrogen (secondary N) is 1. The lowest BCUT2D eigenvalue weighted by molar-refractivity contribution is -0.134. The molecule has 98 valence electrons. The summed E-state index contributed by atoms with van der Waals surface area (Å²) in [5, 5.41) is 3.45. The van der Waals surface area contributed by atoms with E-state index in [1.807, 2.05) is 4.90 Å². The van der Waals surface area contributed by atoms with Crippen LogP contribution in [0.25, 0.3) is 0 Å². The predicted molar refractivity (Wildman–Crippen MR) is 68.9 cm³/mol. The SMILES string of the molecule is CC1CN(C(=O)CC2CCCCN2)CCN1C. The van der Waals surface area contributed by atoms with Crippen molar-refractivity contribution in [3.05, 3.63) is 0 Å². The number of hydrogen-bond acceptors (Lipinski definition) is 3. The number of rotatable bonds is 2. The molecule has 17 heavy (non-hydrogen) atoms. The second-order valence-corrected chi connectivity index (χ2v) is 5.52. The molecule has 2 aliphatic heterocycles. The van der Waals surface area contributed by atoms with Gasteiger partial charge in [0.1, 0.15) is 0 Å². The van der Waals surface area contributed by atoms with Crippen molar-refractivity contribution in [2.75, 3.05) is 33.2 Å². The molecular weight excluding hydrogens is 214 g/mol. The van der Waals surface area contributed by atoms with E-state index in [1.54, 1.807) is 0 Å². The van der Waals surface area contributed by atoms with Crippen LogP contribution >= 0.6 is 0 Å². The van der Waals surface area contributed by atoms with Gasteiger partial charge < -0.3 is 15.1 Å². The normalized spacial score (nSPS) is 31.5. The van der Waals surface area contributed by atoms with Crippen LogP contribution in [-0.4, -0.2) is 61.0 Å². The van der Waals surface area contributed by atoms with E-state index in [9.17, 15) is 4.79 Å². The van der Waals surface area contributed by atoms with Gasteiger partial charge in [0.25, 0.3) is 0 Å². The van der Waals surface area contributed by atoms with Crippen LogP contribution in [0.3, 0.4) is 0 Å². The summed E-state index contributed by atoms with van der Waals surface area (Å²) in [5.41, 5.74) is 0. The second kappa shape index (κ2) is 5.83. The molecule has 0 radical (unpaired) electrons. The van der Waals surface area contributed by atoms with Gasteiger partial charge in [-0.3, -0.25) is 4.79 Å². The molecule has 2 fully saturated rings. The van der Waals surface area contributed by atoms with Gasteiger partial charge in [-0.25, -0.2) is 0 Å². The molecule has 2 atom stereocenters. The third-order valence-electron chi connectivity index (χ3n) is 4.15. The Morgan fingerprint density at radius 1 is 1.35 bits per heavy atom. The Balaban J connectivity index is 1.79. The van der Waals surface area contributed by atoms with Crippen LogP contribution in [0.1, 0.15) is 32.6 Å². The average Bonchev–Trinajstić information content (AvgIpc) is 2.34. The van der Waals surface area contributed by atoms with Crippen LogP contribution in [-0.2, 0) is 4.79 Å². The zero-order chi connectivity index (χ0) is 12.3. The number of nitrogens with zero attached hydrogens (tertiary/aromatic N) is 2. The second-order valence-electron chi connectivity index (χ2n) is 5.52. The van der Waals surface area contributed by atoms with Gasteiger partial charge in [-0.1, -0.05) is 6.42 Å². The van der Waals surface area contributed by atoms with Crippen molar-refractivity contribution in [2.24, 2.45) is 0 Å². The van der Waals surface area contributed by atoms with E-state index < -0.39 is 0 Å². The maximum atomic E-state index is 12.2. The zero-order valence-corrected chi connectivity index (χ0v) is 11.1. The monoisotopic (exact) mass is 239 g/mol. The average molecular weight is 239 g/mol. The van der Waals surface area contributed by atoms with E-state index in [0.717, 1.165) is 32.6 Å². The Hall–Kier alpha value is -0.610. The molecule has 2 heterocycles. The number of hydrogen-bond donors (Lipinski definition) is 1. The van der Waals surface area contributed by atoms with Crippen molar-refractivity contribution in [1.82, 2.24) is 15.1 Å². The third-order valence-corrected chi connectivity index (χ3v) is 4.15. The summed E-state index contributed by atoms with van der Waals surface area (Å²) in [7, 11) is 2.13. The van der Waals surface area contributed by atoms with Gasteiger partial charge in [0.05, 0.1) is 0 Å². The number of piperidine rings is 1. The van der Waals surface area contributed by atoms with E-state index in [0.29, 0.717) is 24.4 Å². The first-order chi connectivity index (χ1) is 8.16. The molecule has 2 aliphatic rings. The van der Waals surface area contributed by atoms with E-state index in [1.165, 1.54) is 12.8 Å². The van der Waals surface area contributed by atoms with Crippen molar-refractivity contribution in [2.45, 2.75) is 44.7 Å². The fraction of sp³-hybridized carbons (Fsp3) is 0.923. The molecule has 0 aliphatic carbocycles. The minimum atomic E-state index is 0.337. The first-order valence-corrected chi connectivity index (χ1v) is 6.88. The number of carbonyl (C=O) groups is 1. The highest BCUT2D eigenvalue weighted by Crippen LogP contribution is 2.14. The molecule has 2 unspecified atom stereocenters. The molecule has 4 nitrogen and oxygen atoms in total. The van der Waals surface area contributed by atoms with Crippen LogP contribution in [0.5, 0.6) is 0 Å². The summed E-state index contributed by atoms with van der Waals surface area (Å²) < 4.78 is 0. The molecule has 0 saturated carbocycles. The summed E-state index contributed by atoms with van der Waals surface area (Å²) in [6.45, 7) is 6.06. The Morgan fingerprint density at radius 3 is 2.82 bits per heavy atom. The number of piperazine rings is 1. The lowest BCUT2D eigenvalue weighted by atomic mass is 10.0. The molecule has 0 aromatic heterocycles. The van der Waals surface area contributed by atoms with Crippen molar-refractivity contribution in [1.29, 1.82) is 0 Å². The largest absolute Gasteiger partial charge is 0.340 e. The van der Waals surface area contributed by atoms with Gasteiger partial charge in [0.2, 0.25) is 5.91 Å². The Bertz CT molecular complexity index is 263. The summed E-state index contributed by atoms with van der Waals surface area (Å²) in [6.07, 6.45) is 4.38. The first kappa shape index (κ1) is 12.8. The fourth-order valence-corrected chi connectivity index (χ4v) is 2.71. The summed E-state index contributed by atoms with van der Waals surface area (Å²) in [4.78, 5) is 16.6. The maximum Gasteiger partial charge on any atom is 0.224 e. The van der Waals surface area contributed by atoms with E-state index >= 15 is 0 Å². The maximum absolute atomic E-state index is 12.2. The Morgan fingerprint density at radius 2 is 2.18 bits per heavy atom. The van der Waals surface area contributed by atoms with Gasteiger partial charge in [0, 0.05) is 38.1 Å². The lowest BCUT2D eigenvalue weighted by Gasteiger charge is -2.38. The molecular formula is C13H25N3O. The van der Waals surface area contributed by atoms with Gasteiger partial charge in [-0.05, 0) is 33.4 Å². The number of carbonyl (C=O) groups excluding carboxylic acids is 1. The van der Waals surface area contributed by atoms with Crippen LogP contribution in [0.15, 0.2) is 0 Å². The minimum absolute atomic E-state index is 0.337. The van der Waals surface area contributed by atoms with Gasteiger partial charge in [-0.15, -0.1) is 0 Å². The molecule has 1 amide bonds. The molecule has 2 rings (SSSR count). The van der Waals surface area contributed by atoms with Crippen molar-refractivity contribution in [3.8, 4) is 0 Å². The van der Waals surface area contributed by atoms with Crippen molar-refractivity contribution in [3.63, 3.8) is 0 Å². The van der Waals surface area contributed by atoms with Crippen molar-refractivity contribution >= 4 is 5.91 Å². The van der Waals surface area contributed by atoms with E-state index in [2.05, 4.69) is 24.2 Å². The molecule has 0 aromatic rings. The minimum Gasteiger partial charge on any atom is -0.340 e. The zero-order valence-electron chi connectivity index (χ0n) is 11.1. The first-order valence-electron chi connectivity index (χ1n) is 6.88. The van der Waals surface area contributed by atoms with Crippen LogP contribution in [0.2, 0.25) is 0 Å². The van der Waals surface area contributed by atoms with Gasteiger partial charge in [-0.2, -0.15) is 0 Å². The lowest BCUT2D eigenvalue weighted by Crippen LogP contribution is -2.53. The van der Waals surface area contributed by atoms with Gasteiger partial charge >= 0.3 is 0 Å². The van der Waals surface area contributed by atoms with Gasteiger partial charge in [0.15, 0.2) is 0 Å². The standard InChI is InChI=1S/C13H25N3O/c1-11-10-16(8-7-15(11)2)13(17)9-12-5-3-4-6-14-12/h11-12,14H,3-10H2,1-2H3. The fourth-order valence-electron chi connectivity index (χ4n) is 2.71. The molecule has 2 saturated heterocycles. The quantitative estimate of drug-likeness (QED) is 0.770. The van der Waals surface area contributed by atoms with Crippen LogP contribution in [0, 0.1) is 0 Å². The highest BCUT2D eigenvalue weighted by Gasteiger charge is 2.26. The summed E-state index contributed by atoms with van der Waals surface area (Å²) in [5.74, 6) is 0.337. The molecule has 0 bridgehead atoms. The summed E-state index contributed by atoms with van der Waals surface area (Å²) >= 11 is 0. The molecule has 4 heteroatoms. The molecule has 0 spiro atoms. The highest BCUT2D eigenvalue weighted by atomic mass is 16.2. The van der Waals surface area contributed by atoms with Crippen LogP contribution < -0.4 is 5.32 Å². The predicted octanol–water partition coefficient (Wildman–Crippen LogP) is 0.681. The van der Waals surface area contributed by atoms with E-state index in [4.69, 9.17) is 0 Å². The van der Waals surface area contributed by atoms with Crippen molar-refractivity contribution < 1.29 is 4.79 Å². The third kappa shape index (κ3) is 3.42. The molecule has 0 aromatic carbocycles. The van der Waals surface area contributed by atoms with E-state index in [-0.39, 0.29) is 0 Å². The Labute approximate surface area is 104 Å². The topological polar surface area (TPSA) is 35.6 Å². The van der Waals surface area contributed by atoms with Crippen LogP contribution in [0.4, 0.5) is 0 Å². The number of amides is 1. The smallest absolute Gasteiger partial charge is 0.224 e. The Kier molecular flexibility index (Phi) is 4.40. The number of likely N-dealkylation sites (N-methyl/N-ethyl adjacent to an activating group) is 1. The summed E-state index contributed by atoms with van der Waals surface area (Å²) in [6, 6.07) is 0.915. The highest BCUT2D eigenvalue weighted by molar-refractivity contribution is 5.77. The molecule has 1 N–H and O–H groups in total.